The fourth-order valence-electron chi connectivity index (χ4n) is 2.95. The van der Waals surface area contributed by atoms with Crippen LogP contribution in [0.4, 0.5) is 10.1 Å². The average molecular weight is 439 g/mol. The van der Waals surface area contributed by atoms with E-state index in [0.717, 1.165) is 22.6 Å². The number of hydrogen-bond donors (Lipinski definition) is 0. The molecule has 0 saturated heterocycles. The van der Waals surface area contributed by atoms with Gasteiger partial charge in [-0.15, -0.1) is 0 Å². The van der Waals surface area contributed by atoms with Gasteiger partial charge in [0.25, 0.3) is 12.9 Å². The van der Waals surface area contributed by atoms with Crippen LogP contribution in [0.25, 0.3) is 0 Å². The standard InChI is InChI=1S/C23H22FNO3.C2H4O2/c1-25(21-11-9-20(24)10-12-21)23(16-27-17-26)19-7-13-22(14-8-19)28-15-18-5-3-2-4-6-18;1-4-2-3/h2-14,17,23H,15-16H2,1H3;2H,1H3. The number of nitrogens with zero attached hydrogens (tertiary/aromatic N) is 1. The highest BCUT2D eigenvalue weighted by Gasteiger charge is 2.19. The Morgan fingerprint density at radius 1 is 0.906 bits per heavy atom. The third-order valence-corrected chi connectivity index (χ3v) is 4.63. The van der Waals surface area contributed by atoms with Gasteiger partial charge < -0.3 is 19.1 Å². The second-order valence-corrected chi connectivity index (χ2v) is 6.71. The highest BCUT2D eigenvalue weighted by Crippen LogP contribution is 2.27. The average Bonchev–Trinajstić information content (AvgIpc) is 2.85. The molecule has 0 heterocycles. The van der Waals surface area contributed by atoms with Crippen molar-refractivity contribution in [3.05, 3.63) is 95.8 Å². The molecule has 0 spiro atoms. The number of likely N-dealkylation sites (N-methyl/N-ethyl adjacent to an activating group) is 1. The van der Waals surface area contributed by atoms with Crippen molar-refractivity contribution in [3.63, 3.8) is 0 Å². The van der Waals surface area contributed by atoms with Gasteiger partial charge in [-0.3, -0.25) is 9.59 Å². The molecule has 0 aliphatic heterocycles. The minimum Gasteiger partial charge on any atom is -0.489 e. The molecule has 32 heavy (non-hydrogen) atoms. The predicted octanol–water partition coefficient (Wildman–Crippen LogP) is 4.54. The monoisotopic (exact) mass is 439 g/mol. The van der Waals surface area contributed by atoms with Crippen molar-refractivity contribution in [3.8, 4) is 5.75 Å². The first kappa shape index (κ1) is 24.4. The fourth-order valence-corrected chi connectivity index (χ4v) is 2.95. The van der Waals surface area contributed by atoms with E-state index in [9.17, 15) is 9.18 Å². The smallest absolute Gasteiger partial charge is 0.293 e. The van der Waals surface area contributed by atoms with E-state index < -0.39 is 0 Å². The Labute approximate surface area is 187 Å². The molecule has 1 unspecified atom stereocenters. The van der Waals surface area contributed by atoms with Gasteiger partial charge in [0.1, 0.15) is 24.8 Å². The Morgan fingerprint density at radius 2 is 1.53 bits per heavy atom. The van der Waals surface area contributed by atoms with E-state index in [2.05, 4.69) is 4.74 Å². The highest BCUT2D eigenvalue weighted by molar-refractivity contribution is 5.49. The maximum atomic E-state index is 13.2. The molecule has 0 aromatic heterocycles. The quantitative estimate of drug-likeness (QED) is 0.432. The first-order valence-electron chi connectivity index (χ1n) is 9.85. The van der Waals surface area contributed by atoms with Gasteiger partial charge in [0.2, 0.25) is 0 Å². The van der Waals surface area contributed by atoms with Crippen LogP contribution in [-0.4, -0.2) is 33.7 Å². The number of rotatable bonds is 10. The third-order valence-electron chi connectivity index (χ3n) is 4.63. The van der Waals surface area contributed by atoms with Crippen molar-refractivity contribution in [2.75, 3.05) is 25.7 Å². The van der Waals surface area contributed by atoms with Crippen LogP contribution in [0.15, 0.2) is 78.9 Å². The first-order chi connectivity index (χ1) is 15.6. The highest BCUT2D eigenvalue weighted by atomic mass is 19.1. The zero-order valence-corrected chi connectivity index (χ0v) is 18.0. The van der Waals surface area contributed by atoms with E-state index in [1.807, 2.05) is 66.5 Å². The van der Waals surface area contributed by atoms with Gasteiger partial charge in [0.15, 0.2) is 0 Å². The predicted molar refractivity (Wildman–Crippen MR) is 120 cm³/mol. The summed E-state index contributed by atoms with van der Waals surface area (Å²) in [6.45, 7) is 1.48. The van der Waals surface area contributed by atoms with Crippen LogP contribution < -0.4 is 9.64 Å². The van der Waals surface area contributed by atoms with Crippen LogP contribution in [0.1, 0.15) is 17.2 Å². The summed E-state index contributed by atoms with van der Waals surface area (Å²) in [4.78, 5) is 21.6. The van der Waals surface area contributed by atoms with E-state index >= 15 is 0 Å². The largest absolute Gasteiger partial charge is 0.489 e. The molecule has 0 N–H and O–H groups in total. The van der Waals surface area contributed by atoms with Crippen LogP contribution >= 0.6 is 0 Å². The van der Waals surface area contributed by atoms with Gasteiger partial charge in [-0.05, 0) is 47.5 Å². The second kappa shape index (κ2) is 13.4. The number of hydrogen-bond acceptors (Lipinski definition) is 6. The minimum atomic E-state index is -0.294. The molecular weight excluding hydrogens is 413 g/mol. The summed E-state index contributed by atoms with van der Waals surface area (Å²) >= 11 is 0. The third kappa shape index (κ3) is 7.75. The fraction of sp³-hybridized carbons (Fsp3) is 0.200. The van der Waals surface area contributed by atoms with E-state index in [1.165, 1.54) is 19.2 Å². The molecule has 0 fully saturated rings. The Balaban J connectivity index is 0.000000837. The van der Waals surface area contributed by atoms with Crippen LogP contribution in [0.3, 0.4) is 0 Å². The number of carbonyl (C=O) groups excluding carboxylic acids is 2. The lowest BCUT2D eigenvalue weighted by molar-refractivity contribution is -0.129. The molecule has 0 saturated carbocycles. The van der Waals surface area contributed by atoms with Crippen LogP contribution in [0.5, 0.6) is 5.75 Å². The Kier molecular flexibility index (Phi) is 10.2. The molecule has 168 valence electrons. The molecular formula is C25H26FNO5. The van der Waals surface area contributed by atoms with Gasteiger partial charge in [0.05, 0.1) is 13.2 Å². The number of anilines is 1. The maximum Gasteiger partial charge on any atom is 0.293 e. The Bertz CT molecular complexity index is 933. The minimum absolute atomic E-state index is 0.182. The SMILES string of the molecule is CN(c1ccc(F)cc1)C(COC=O)c1ccc(OCc2ccccc2)cc1.COC=O. The topological polar surface area (TPSA) is 65.1 Å². The number of ether oxygens (including phenoxy) is 3. The van der Waals surface area contributed by atoms with Gasteiger partial charge in [-0.25, -0.2) is 4.39 Å². The lowest BCUT2D eigenvalue weighted by atomic mass is 10.1. The first-order valence-corrected chi connectivity index (χ1v) is 9.85. The maximum absolute atomic E-state index is 13.2. The summed E-state index contributed by atoms with van der Waals surface area (Å²) in [5.74, 6) is 0.463. The summed E-state index contributed by atoms with van der Waals surface area (Å²) in [5.41, 5.74) is 2.88. The molecule has 0 radical (unpaired) electrons. The van der Waals surface area contributed by atoms with Gasteiger partial charge in [0, 0.05) is 12.7 Å². The number of carbonyl (C=O) groups is 2. The Morgan fingerprint density at radius 3 is 2.09 bits per heavy atom. The molecule has 3 aromatic carbocycles. The summed E-state index contributed by atoms with van der Waals surface area (Å²) < 4.78 is 27.9. The Hall–Kier alpha value is -3.87. The van der Waals surface area contributed by atoms with Crippen molar-refractivity contribution in [2.45, 2.75) is 12.6 Å². The molecule has 7 heteroatoms. The molecule has 0 aliphatic carbocycles. The summed E-state index contributed by atoms with van der Waals surface area (Å²) in [6.07, 6.45) is 0. The molecule has 3 rings (SSSR count). The zero-order valence-electron chi connectivity index (χ0n) is 18.0. The molecule has 1 atom stereocenters. The molecule has 0 bridgehead atoms. The van der Waals surface area contributed by atoms with Crippen molar-refractivity contribution in [1.82, 2.24) is 0 Å². The number of methoxy groups -OCH3 is 1. The lowest BCUT2D eigenvalue weighted by Crippen LogP contribution is -2.28. The molecule has 0 aliphatic rings. The van der Waals surface area contributed by atoms with E-state index in [-0.39, 0.29) is 18.5 Å². The van der Waals surface area contributed by atoms with Gasteiger partial charge in [-0.1, -0.05) is 42.5 Å². The molecule has 3 aromatic rings. The molecule has 0 amide bonds. The van der Waals surface area contributed by atoms with Crippen LogP contribution in [0.2, 0.25) is 0 Å². The van der Waals surface area contributed by atoms with E-state index in [4.69, 9.17) is 14.3 Å². The summed E-state index contributed by atoms with van der Waals surface area (Å²) in [5, 5.41) is 0. The van der Waals surface area contributed by atoms with Gasteiger partial charge in [-0.2, -0.15) is 0 Å². The molecule has 6 nitrogen and oxygen atoms in total. The lowest BCUT2D eigenvalue weighted by Gasteiger charge is -2.29. The normalized spacial score (nSPS) is 10.7. The van der Waals surface area contributed by atoms with Crippen LogP contribution in [-0.2, 0) is 25.7 Å². The summed E-state index contributed by atoms with van der Waals surface area (Å²) in [7, 11) is 3.19. The van der Waals surface area contributed by atoms with E-state index in [1.54, 1.807) is 12.1 Å². The van der Waals surface area contributed by atoms with Crippen molar-refractivity contribution >= 4 is 18.6 Å². The van der Waals surface area contributed by atoms with Crippen LogP contribution in [0, 0.1) is 5.82 Å². The van der Waals surface area contributed by atoms with Crippen molar-refractivity contribution < 1.29 is 28.2 Å². The number of halogens is 1. The van der Waals surface area contributed by atoms with Crippen molar-refractivity contribution in [2.24, 2.45) is 0 Å². The zero-order chi connectivity index (χ0) is 23.2. The number of benzene rings is 3. The van der Waals surface area contributed by atoms with Crippen molar-refractivity contribution in [1.29, 1.82) is 0 Å². The summed E-state index contributed by atoms with van der Waals surface area (Å²) in [6, 6.07) is 23.6. The van der Waals surface area contributed by atoms with E-state index in [0.29, 0.717) is 19.6 Å². The van der Waals surface area contributed by atoms with Gasteiger partial charge >= 0.3 is 0 Å². The second-order valence-electron chi connectivity index (χ2n) is 6.71.